The number of rotatable bonds is 4. The normalized spacial score (nSPS) is 16.9. The lowest BCUT2D eigenvalue weighted by Gasteiger charge is -2.25. The second kappa shape index (κ2) is 6.29. The first-order chi connectivity index (χ1) is 9.13. The molecule has 0 aliphatic carbocycles. The molecule has 1 aromatic carbocycles. The summed E-state index contributed by atoms with van der Waals surface area (Å²) in [5, 5.41) is 8.60. The van der Waals surface area contributed by atoms with Crippen LogP contribution in [0.15, 0.2) is 30.3 Å². The summed E-state index contributed by atoms with van der Waals surface area (Å²) in [6, 6.07) is 7.80. The Hall–Kier alpha value is -1.94. The van der Waals surface area contributed by atoms with Crippen LogP contribution in [-0.4, -0.2) is 34.8 Å². The quantitative estimate of drug-likeness (QED) is 0.840. The number of aliphatic carboxylic acids is 1. The number of carboxylic acid groups (broad SMARTS) is 1. The standard InChI is InChI=1S/C15H17NO3/c17-14-6-8-16(9-7-14)11-13-3-1-2-12(10-13)4-5-15(18)19/h1-5,10H,6-9,11H2,(H,18,19)/b5-4+. The second-order valence-corrected chi connectivity index (χ2v) is 4.73. The summed E-state index contributed by atoms with van der Waals surface area (Å²) in [4.78, 5) is 23.9. The third-order valence-electron chi connectivity index (χ3n) is 3.19. The Balaban J connectivity index is 1.99. The lowest BCUT2D eigenvalue weighted by atomic mass is 10.1. The van der Waals surface area contributed by atoms with Crippen molar-refractivity contribution in [2.45, 2.75) is 19.4 Å². The molecule has 0 bridgehead atoms. The van der Waals surface area contributed by atoms with Gasteiger partial charge in [-0.1, -0.05) is 24.3 Å². The van der Waals surface area contributed by atoms with E-state index in [0.717, 1.165) is 36.8 Å². The van der Waals surface area contributed by atoms with Crippen molar-refractivity contribution in [1.82, 2.24) is 4.90 Å². The number of nitrogens with zero attached hydrogens (tertiary/aromatic N) is 1. The maximum atomic E-state index is 11.2. The van der Waals surface area contributed by atoms with Gasteiger partial charge in [-0.05, 0) is 17.2 Å². The SMILES string of the molecule is O=C(O)/C=C/c1cccc(CN2CCC(=O)CC2)c1. The molecule has 1 N–H and O–H groups in total. The van der Waals surface area contributed by atoms with E-state index in [1.165, 1.54) is 0 Å². The van der Waals surface area contributed by atoms with Crippen molar-refractivity contribution in [2.75, 3.05) is 13.1 Å². The molecule has 0 aromatic heterocycles. The van der Waals surface area contributed by atoms with E-state index in [-0.39, 0.29) is 0 Å². The van der Waals surface area contributed by atoms with Crippen molar-refractivity contribution in [2.24, 2.45) is 0 Å². The Morgan fingerprint density at radius 1 is 1.32 bits per heavy atom. The van der Waals surface area contributed by atoms with Crippen molar-refractivity contribution in [3.05, 3.63) is 41.5 Å². The first kappa shape index (κ1) is 13.5. The van der Waals surface area contributed by atoms with E-state index < -0.39 is 5.97 Å². The Morgan fingerprint density at radius 3 is 2.74 bits per heavy atom. The highest BCUT2D eigenvalue weighted by Crippen LogP contribution is 2.13. The van der Waals surface area contributed by atoms with Gasteiger partial charge in [0.25, 0.3) is 0 Å². The van der Waals surface area contributed by atoms with Crippen LogP contribution < -0.4 is 0 Å². The van der Waals surface area contributed by atoms with Crippen LogP contribution in [0.25, 0.3) is 6.08 Å². The fourth-order valence-corrected chi connectivity index (χ4v) is 2.18. The van der Waals surface area contributed by atoms with E-state index in [1.54, 1.807) is 6.08 Å². The van der Waals surface area contributed by atoms with Crippen LogP contribution in [0.4, 0.5) is 0 Å². The molecule has 1 saturated heterocycles. The van der Waals surface area contributed by atoms with Gasteiger partial charge in [0.1, 0.15) is 5.78 Å². The monoisotopic (exact) mass is 259 g/mol. The third kappa shape index (κ3) is 4.34. The van der Waals surface area contributed by atoms with Crippen molar-refractivity contribution < 1.29 is 14.7 Å². The molecule has 0 radical (unpaired) electrons. The lowest BCUT2D eigenvalue weighted by Crippen LogP contribution is -2.33. The number of carbonyl (C=O) groups is 2. The minimum atomic E-state index is -0.944. The van der Waals surface area contributed by atoms with Crippen LogP contribution in [0.1, 0.15) is 24.0 Å². The first-order valence-corrected chi connectivity index (χ1v) is 6.37. The van der Waals surface area contributed by atoms with Gasteiger partial charge in [0.2, 0.25) is 0 Å². The van der Waals surface area contributed by atoms with Crippen molar-refractivity contribution >= 4 is 17.8 Å². The Labute approximate surface area is 112 Å². The van der Waals surface area contributed by atoms with E-state index in [0.29, 0.717) is 18.6 Å². The number of benzene rings is 1. The smallest absolute Gasteiger partial charge is 0.328 e. The number of carbonyl (C=O) groups excluding carboxylic acids is 1. The molecular formula is C15H17NO3. The van der Waals surface area contributed by atoms with Gasteiger partial charge in [0.05, 0.1) is 0 Å². The topological polar surface area (TPSA) is 57.6 Å². The number of ketones is 1. The third-order valence-corrected chi connectivity index (χ3v) is 3.19. The van der Waals surface area contributed by atoms with Crippen molar-refractivity contribution in [3.8, 4) is 0 Å². The zero-order chi connectivity index (χ0) is 13.7. The van der Waals surface area contributed by atoms with Crippen LogP contribution in [0.2, 0.25) is 0 Å². The average Bonchev–Trinajstić information content (AvgIpc) is 2.40. The summed E-state index contributed by atoms with van der Waals surface area (Å²) < 4.78 is 0. The molecule has 0 amide bonds. The summed E-state index contributed by atoms with van der Waals surface area (Å²) in [7, 11) is 0. The maximum absolute atomic E-state index is 11.2. The van der Waals surface area contributed by atoms with Gasteiger partial charge in [-0.3, -0.25) is 9.69 Å². The summed E-state index contributed by atoms with van der Waals surface area (Å²) >= 11 is 0. The zero-order valence-corrected chi connectivity index (χ0v) is 10.7. The molecule has 0 unspecified atom stereocenters. The Morgan fingerprint density at radius 2 is 2.05 bits per heavy atom. The molecule has 19 heavy (non-hydrogen) atoms. The fraction of sp³-hybridized carbons (Fsp3) is 0.333. The van der Waals surface area contributed by atoms with Crippen molar-refractivity contribution in [1.29, 1.82) is 0 Å². The van der Waals surface area contributed by atoms with E-state index >= 15 is 0 Å². The molecule has 2 rings (SSSR count). The highest BCUT2D eigenvalue weighted by molar-refractivity contribution is 5.85. The summed E-state index contributed by atoms with van der Waals surface area (Å²) in [5.41, 5.74) is 2.02. The molecule has 1 aliphatic rings. The molecule has 1 fully saturated rings. The molecule has 4 heteroatoms. The van der Waals surface area contributed by atoms with Crippen LogP contribution in [0.5, 0.6) is 0 Å². The summed E-state index contributed by atoms with van der Waals surface area (Å²) in [6.45, 7) is 2.43. The number of carboxylic acids is 1. The van der Waals surface area contributed by atoms with Gasteiger partial charge < -0.3 is 5.11 Å². The average molecular weight is 259 g/mol. The highest BCUT2D eigenvalue weighted by atomic mass is 16.4. The zero-order valence-electron chi connectivity index (χ0n) is 10.7. The molecule has 100 valence electrons. The van der Waals surface area contributed by atoms with E-state index in [9.17, 15) is 9.59 Å². The molecule has 0 atom stereocenters. The predicted molar refractivity (Wildman–Crippen MR) is 72.6 cm³/mol. The van der Waals surface area contributed by atoms with Crippen molar-refractivity contribution in [3.63, 3.8) is 0 Å². The van der Waals surface area contributed by atoms with Crippen LogP contribution in [-0.2, 0) is 16.1 Å². The minimum absolute atomic E-state index is 0.342. The summed E-state index contributed by atoms with van der Waals surface area (Å²) in [5.74, 6) is -0.602. The number of likely N-dealkylation sites (tertiary alicyclic amines) is 1. The lowest BCUT2D eigenvalue weighted by molar-refractivity contribution is -0.131. The molecule has 4 nitrogen and oxygen atoms in total. The van der Waals surface area contributed by atoms with Gasteiger partial charge in [0, 0.05) is 38.6 Å². The molecule has 0 saturated carbocycles. The first-order valence-electron chi connectivity index (χ1n) is 6.37. The predicted octanol–water partition coefficient (Wildman–Crippen LogP) is 1.95. The Bertz CT molecular complexity index is 498. The second-order valence-electron chi connectivity index (χ2n) is 4.73. The molecule has 1 heterocycles. The van der Waals surface area contributed by atoms with Crippen LogP contribution >= 0.6 is 0 Å². The van der Waals surface area contributed by atoms with E-state index in [4.69, 9.17) is 5.11 Å². The van der Waals surface area contributed by atoms with Gasteiger partial charge in [0.15, 0.2) is 0 Å². The van der Waals surface area contributed by atoms with Gasteiger partial charge in [-0.25, -0.2) is 4.79 Å². The maximum Gasteiger partial charge on any atom is 0.328 e. The van der Waals surface area contributed by atoms with Gasteiger partial charge in [-0.15, -0.1) is 0 Å². The number of hydrogen-bond donors (Lipinski definition) is 1. The number of Topliss-reactive ketones (excluding diaryl/α,β-unsaturated/α-hetero) is 1. The highest BCUT2D eigenvalue weighted by Gasteiger charge is 2.15. The fourth-order valence-electron chi connectivity index (χ4n) is 2.18. The number of piperidine rings is 1. The van der Waals surface area contributed by atoms with Gasteiger partial charge in [-0.2, -0.15) is 0 Å². The molecule has 0 spiro atoms. The van der Waals surface area contributed by atoms with Crippen LogP contribution in [0.3, 0.4) is 0 Å². The largest absolute Gasteiger partial charge is 0.478 e. The number of hydrogen-bond acceptors (Lipinski definition) is 3. The summed E-state index contributed by atoms with van der Waals surface area (Å²) in [6.07, 6.45) is 4.00. The molecular weight excluding hydrogens is 242 g/mol. The molecule has 1 aromatic rings. The van der Waals surface area contributed by atoms with Gasteiger partial charge >= 0.3 is 5.97 Å². The Kier molecular flexibility index (Phi) is 4.47. The molecule has 1 aliphatic heterocycles. The van der Waals surface area contributed by atoms with Crippen LogP contribution in [0, 0.1) is 0 Å². The minimum Gasteiger partial charge on any atom is -0.478 e. The van der Waals surface area contributed by atoms with E-state index in [2.05, 4.69) is 4.90 Å². The van der Waals surface area contributed by atoms with E-state index in [1.807, 2.05) is 24.3 Å².